The monoisotopic (exact) mass is 434 g/mol. The van der Waals surface area contributed by atoms with Gasteiger partial charge in [0.05, 0.1) is 22.9 Å². The summed E-state index contributed by atoms with van der Waals surface area (Å²) in [6.45, 7) is 2.04. The summed E-state index contributed by atoms with van der Waals surface area (Å²) in [6.07, 6.45) is 3.92. The lowest BCUT2D eigenvalue weighted by Crippen LogP contribution is -2.46. The van der Waals surface area contributed by atoms with Crippen LogP contribution >= 0.6 is 0 Å². The zero-order valence-electron chi connectivity index (χ0n) is 16.5. The van der Waals surface area contributed by atoms with Gasteiger partial charge in [0.2, 0.25) is 0 Å². The molecule has 2 N–H and O–H groups in total. The van der Waals surface area contributed by atoms with Gasteiger partial charge in [0, 0.05) is 11.6 Å². The Hall–Kier alpha value is -2.75. The summed E-state index contributed by atoms with van der Waals surface area (Å²) in [7, 11) is -3.36. The molecule has 1 saturated carbocycles. The maximum Gasteiger partial charge on any atom is 0.314 e. The number of nitrogens with one attached hydrogen (secondary N) is 2. The fraction of sp³-hybridized carbons (Fsp3) is 0.450. The normalized spacial score (nSPS) is 22.3. The van der Waals surface area contributed by atoms with Crippen molar-refractivity contribution in [3.8, 4) is 5.69 Å². The van der Waals surface area contributed by atoms with Gasteiger partial charge in [-0.3, -0.25) is 9.59 Å². The number of halogens is 1. The summed E-state index contributed by atoms with van der Waals surface area (Å²) in [4.78, 5) is 25.1. The third-order valence-corrected chi connectivity index (χ3v) is 7.17. The highest BCUT2D eigenvalue weighted by Gasteiger charge is 2.34. The summed E-state index contributed by atoms with van der Waals surface area (Å²) >= 11 is 0. The molecule has 1 aromatic carbocycles. The first-order chi connectivity index (χ1) is 14.2. The Labute approximate surface area is 173 Å². The van der Waals surface area contributed by atoms with E-state index >= 15 is 0 Å². The molecular formula is C20H23FN4O4S. The second-order valence-electron chi connectivity index (χ2n) is 7.99. The van der Waals surface area contributed by atoms with E-state index in [2.05, 4.69) is 15.7 Å². The first kappa shape index (κ1) is 20.5. The van der Waals surface area contributed by atoms with E-state index in [1.54, 1.807) is 0 Å². The number of carbonyl (C=O) groups excluding carboxylic acids is 2. The Morgan fingerprint density at radius 1 is 1.10 bits per heavy atom. The first-order valence-electron chi connectivity index (χ1n) is 9.92. The van der Waals surface area contributed by atoms with Crippen molar-refractivity contribution in [1.82, 2.24) is 15.1 Å². The lowest BCUT2D eigenvalue weighted by atomic mass is 9.86. The summed E-state index contributed by atoms with van der Waals surface area (Å²) in [6, 6.07) is 5.34. The van der Waals surface area contributed by atoms with E-state index in [1.165, 1.54) is 28.9 Å². The molecular weight excluding hydrogens is 411 g/mol. The fourth-order valence-electron chi connectivity index (χ4n) is 4.07. The molecule has 160 valence electrons. The topological polar surface area (TPSA) is 110 Å². The maximum atomic E-state index is 13.3. The van der Waals surface area contributed by atoms with Crippen LogP contribution in [0, 0.1) is 11.7 Å². The van der Waals surface area contributed by atoms with Gasteiger partial charge in [0.15, 0.2) is 9.84 Å². The molecule has 0 radical (unpaired) electrons. The molecule has 0 spiro atoms. The van der Waals surface area contributed by atoms with Crippen LogP contribution in [-0.2, 0) is 30.9 Å². The predicted octanol–water partition coefficient (Wildman–Crippen LogP) is 2.07. The highest BCUT2D eigenvalue weighted by molar-refractivity contribution is 7.90. The van der Waals surface area contributed by atoms with Crippen LogP contribution in [0.5, 0.6) is 0 Å². The van der Waals surface area contributed by atoms with Crippen molar-refractivity contribution in [1.29, 1.82) is 0 Å². The molecule has 1 aliphatic heterocycles. The number of hydrogen-bond acceptors (Lipinski definition) is 5. The molecule has 2 heterocycles. The van der Waals surface area contributed by atoms with Crippen LogP contribution in [0.2, 0.25) is 0 Å². The van der Waals surface area contributed by atoms with Crippen molar-refractivity contribution < 1.29 is 22.4 Å². The number of benzene rings is 1. The largest absolute Gasteiger partial charge is 0.345 e. The van der Waals surface area contributed by atoms with Crippen molar-refractivity contribution in [3.63, 3.8) is 0 Å². The van der Waals surface area contributed by atoms with E-state index in [1.807, 2.05) is 6.92 Å². The van der Waals surface area contributed by atoms with Gasteiger partial charge in [-0.25, -0.2) is 17.5 Å². The van der Waals surface area contributed by atoms with Crippen LogP contribution in [0.3, 0.4) is 0 Å². The second-order valence-corrected chi connectivity index (χ2v) is 10.1. The number of carbonyl (C=O) groups is 2. The van der Waals surface area contributed by atoms with Crippen LogP contribution in [0.25, 0.3) is 5.69 Å². The summed E-state index contributed by atoms with van der Waals surface area (Å²) in [5.41, 5.74) is 1.11. The Kier molecular flexibility index (Phi) is 5.35. The second kappa shape index (κ2) is 7.82. The average Bonchev–Trinajstić information content (AvgIpc) is 3.16. The Morgan fingerprint density at radius 2 is 1.80 bits per heavy atom. The van der Waals surface area contributed by atoms with E-state index < -0.39 is 27.5 Å². The predicted molar refractivity (Wildman–Crippen MR) is 108 cm³/mol. The molecule has 2 amide bonds. The number of anilines is 1. The number of hydrogen-bond donors (Lipinski definition) is 2. The molecule has 10 heteroatoms. The highest BCUT2D eigenvalue weighted by atomic mass is 32.2. The van der Waals surface area contributed by atoms with Gasteiger partial charge in [0.1, 0.15) is 11.6 Å². The Bertz CT molecular complexity index is 1090. The average molecular weight is 434 g/mol. The maximum absolute atomic E-state index is 13.3. The van der Waals surface area contributed by atoms with Crippen LogP contribution in [0.15, 0.2) is 24.3 Å². The smallest absolute Gasteiger partial charge is 0.314 e. The van der Waals surface area contributed by atoms with Gasteiger partial charge in [-0.2, -0.15) is 5.10 Å². The molecule has 2 unspecified atom stereocenters. The Morgan fingerprint density at radius 3 is 2.50 bits per heavy atom. The lowest BCUT2D eigenvalue weighted by molar-refractivity contribution is -0.137. The fourth-order valence-corrected chi connectivity index (χ4v) is 5.56. The van der Waals surface area contributed by atoms with E-state index in [-0.39, 0.29) is 29.3 Å². The van der Waals surface area contributed by atoms with E-state index in [0.717, 1.165) is 25.7 Å². The summed E-state index contributed by atoms with van der Waals surface area (Å²) < 4.78 is 38.7. The quantitative estimate of drug-likeness (QED) is 0.719. The van der Waals surface area contributed by atoms with Crippen molar-refractivity contribution in [2.24, 2.45) is 5.92 Å². The molecule has 0 bridgehead atoms. The number of fused-ring (bicyclic) bond motifs is 1. The minimum absolute atomic E-state index is 0.0647. The number of aromatic nitrogens is 2. The minimum atomic E-state index is -3.36. The molecule has 30 heavy (non-hydrogen) atoms. The first-order valence-corrected chi connectivity index (χ1v) is 11.7. The van der Waals surface area contributed by atoms with Crippen molar-refractivity contribution in [3.05, 3.63) is 41.3 Å². The van der Waals surface area contributed by atoms with Crippen LogP contribution in [0.4, 0.5) is 10.2 Å². The van der Waals surface area contributed by atoms with Crippen LogP contribution < -0.4 is 10.6 Å². The molecule has 4 rings (SSSR count). The summed E-state index contributed by atoms with van der Waals surface area (Å²) in [5.74, 6) is -2.21. The van der Waals surface area contributed by atoms with Gasteiger partial charge in [0.25, 0.3) is 0 Å². The van der Waals surface area contributed by atoms with Crippen molar-refractivity contribution >= 4 is 27.5 Å². The van der Waals surface area contributed by atoms with E-state index in [9.17, 15) is 22.4 Å². The Balaban J connectivity index is 1.60. The third kappa shape index (κ3) is 4.09. The zero-order chi connectivity index (χ0) is 21.5. The van der Waals surface area contributed by atoms with Gasteiger partial charge in [-0.05, 0) is 43.0 Å². The number of amides is 2. The molecule has 1 fully saturated rings. The van der Waals surface area contributed by atoms with Crippen molar-refractivity contribution in [2.75, 3.05) is 5.32 Å². The number of sulfone groups is 1. The zero-order valence-corrected chi connectivity index (χ0v) is 17.3. The number of rotatable bonds is 3. The lowest BCUT2D eigenvalue weighted by Gasteiger charge is -2.29. The van der Waals surface area contributed by atoms with Gasteiger partial charge >= 0.3 is 11.8 Å². The summed E-state index contributed by atoms with van der Waals surface area (Å²) in [5, 5.41) is 9.62. The molecule has 1 aromatic heterocycles. The highest BCUT2D eigenvalue weighted by Crippen LogP contribution is 2.33. The van der Waals surface area contributed by atoms with Gasteiger partial charge in [-0.1, -0.05) is 19.8 Å². The van der Waals surface area contributed by atoms with Crippen LogP contribution in [-0.4, -0.2) is 36.1 Å². The molecule has 2 aromatic rings. The molecule has 2 aliphatic rings. The molecule has 1 aliphatic carbocycles. The van der Waals surface area contributed by atoms with E-state index in [0.29, 0.717) is 16.9 Å². The molecule has 0 saturated heterocycles. The van der Waals surface area contributed by atoms with Crippen LogP contribution in [0.1, 0.15) is 43.9 Å². The van der Waals surface area contributed by atoms with Crippen molar-refractivity contribution in [2.45, 2.75) is 50.2 Å². The standard InChI is InChI=1S/C20H23FN4O4S/c1-12-4-2-3-5-16(12)22-19(26)20(27)23-18-15-10-30(28,29)11-17(15)24-25(18)14-8-6-13(21)7-9-14/h6-9,12,16H,2-5,10-11H2,1H3,(H,22,26)(H,23,27). The minimum Gasteiger partial charge on any atom is -0.345 e. The number of nitrogens with zero attached hydrogens (tertiary/aromatic N) is 2. The van der Waals surface area contributed by atoms with Gasteiger partial charge < -0.3 is 10.6 Å². The van der Waals surface area contributed by atoms with Gasteiger partial charge in [-0.15, -0.1) is 0 Å². The molecule has 8 nitrogen and oxygen atoms in total. The van der Waals surface area contributed by atoms with E-state index in [4.69, 9.17) is 0 Å². The third-order valence-electron chi connectivity index (χ3n) is 5.72. The SMILES string of the molecule is CC1CCCCC1NC(=O)C(=O)Nc1c2c(nn1-c1ccc(F)cc1)CS(=O)(=O)C2. The molecule has 2 atom stereocenters.